The van der Waals surface area contributed by atoms with Gasteiger partial charge >= 0.3 is 0 Å². The van der Waals surface area contributed by atoms with E-state index < -0.39 is 0 Å². The minimum absolute atomic E-state index is 0.0670. The number of rotatable bonds is 2. The number of hydrogen-bond acceptors (Lipinski definition) is 2. The molecule has 0 unspecified atom stereocenters. The zero-order chi connectivity index (χ0) is 15.1. The first-order valence-corrected chi connectivity index (χ1v) is 7.17. The summed E-state index contributed by atoms with van der Waals surface area (Å²) in [6.45, 7) is 12.3. The molecule has 1 aromatic carbocycles. The Morgan fingerprint density at radius 3 is 2.35 bits per heavy atom. The lowest BCUT2D eigenvalue weighted by molar-refractivity contribution is 0.101. The molecule has 0 atom stereocenters. The van der Waals surface area contributed by atoms with Crippen molar-refractivity contribution in [3.05, 3.63) is 41.1 Å². The average molecular weight is 269 g/mol. The van der Waals surface area contributed by atoms with Gasteiger partial charge in [-0.3, -0.25) is 9.78 Å². The molecule has 0 aliphatic carbocycles. The van der Waals surface area contributed by atoms with Gasteiger partial charge < -0.3 is 0 Å². The second-order valence-electron chi connectivity index (χ2n) is 6.76. The van der Waals surface area contributed by atoms with Crippen molar-refractivity contribution >= 4 is 16.7 Å². The standard InChI is InChI=1S/C18H23NO/c1-11(2)13-8-7-9-14-15(12(3)20)10-16(18(4,5)6)19-17(13)14/h7-11H,1-6H3. The molecule has 1 aromatic heterocycles. The number of hydrogen-bond donors (Lipinski definition) is 0. The second-order valence-corrected chi connectivity index (χ2v) is 6.76. The molecule has 0 fully saturated rings. The molecule has 0 saturated heterocycles. The van der Waals surface area contributed by atoms with Crippen molar-refractivity contribution in [2.75, 3.05) is 0 Å². The molecule has 0 N–H and O–H groups in total. The fourth-order valence-corrected chi connectivity index (χ4v) is 2.41. The van der Waals surface area contributed by atoms with Crippen LogP contribution < -0.4 is 0 Å². The SMILES string of the molecule is CC(=O)c1cc(C(C)(C)C)nc2c(C(C)C)cccc12. The van der Waals surface area contributed by atoms with E-state index in [2.05, 4.69) is 40.7 Å². The number of benzene rings is 1. The molecule has 0 spiro atoms. The zero-order valence-corrected chi connectivity index (χ0v) is 13.2. The molecular weight excluding hydrogens is 246 g/mol. The van der Waals surface area contributed by atoms with E-state index in [1.807, 2.05) is 18.2 Å². The monoisotopic (exact) mass is 269 g/mol. The molecule has 0 bridgehead atoms. The molecule has 106 valence electrons. The maximum atomic E-state index is 12.0. The summed E-state index contributed by atoms with van der Waals surface area (Å²) in [5.74, 6) is 0.491. The first-order valence-electron chi connectivity index (χ1n) is 7.17. The highest BCUT2D eigenvalue weighted by molar-refractivity contribution is 6.06. The summed E-state index contributed by atoms with van der Waals surface area (Å²) < 4.78 is 0. The van der Waals surface area contributed by atoms with Gasteiger partial charge in [0.2, 0.25) is 0 Å². The number of Topliss-reactive ketones (excluding diaryl/α,β-unsaturated/α-hetero) is 1. The number of para-hydroxylation sites is 1. The third kappa shape index (κ3) is 2.60. The van der Waals surface area contributed by atoms with Crippen molar-refractivity contribution in [1.82, 2.24) is 4.98 Å². The van der Waals surface area contributed by atoms with E-state index in [0.717, 1.165) is 22.2 Å². The summed E-state index contributed by atoms with van der Waals surface area (Å²) in [5.41, 5.74) is 3.87. The van der Waals surface area contributed by atoms with Crippen LogP contribution in [0.1, 0.15) is 69.1 Å². The van der Waals surface area contributed by atoms with E-state index >= 15 is 0 Å². The molecule has 0 aliphatic heterocycles. The third-order valence-electron chi connectivity index (χ3n) is 3.64. The number of pyridine rings is 1. The van der Waals surface area contributed by atoms with E-state index in [-0.39, 0.29) is 11.2 Å². The van der Waals surface area contributed by atoms with Crippen LogP contribution in [0.4, 0.5) is 0 Å². The normalized spacial score (nSPS) is 12.2. The van der Waals surface area contributed by atoms with Crippen molar-refractivity contribution in [2.24, 2.45) is 0 Å². The summed E-state index contributed by atoms with van der Waals surface area (Å²) in [5, 5.41) is 0.969. The molecule has 2 aromatic rings. The van der Waals surface area contributed by atoms with Gasteiger partial charge in [0.15, 0.2) is 5.78 Å². The van der Waals surface area contributed by atoms with E-state index in [0.29, 0.717) is 5.92 Å². The van der Waals surface area contributed by atoms with Crippen molar-refractivity contribution in [3.63, 3.8) is 0 Å². The van der Waals surface area contributed by atoms with Gasteiger partial charge in [-0.15, -0.1) is 0 Å². The Morgan fingerprint density at radius 2 is 1.85 bits per heavy atom. The third-order valence-corrected chi connectivity index (χ3v) is 3.64. The van der Waals surface area contributed by atoms with Gasteiger partial charge in [-0.1, -0.05) is 52.8 Å². The quantitative estimate of drug-likeness (QED) is 0.729. The molecular formula is C18H23NO. The maximum absolute atomic E-state index is 12.0. The molecule has 0 saturated carbocycles. The van der Waals surface area contributed by atoms with Crippen LogP contribution in [0.5, 0.6) is 0 Å². The van der Waals surface area contributed by atoms with Gasteiger partial charge in [0.1, 0.15) is 0 Å². The molecule has 0 aliphatic rings. The van der Waals surface area contributed by atoms with E-state index in [4.69, 9.17) is 4.98 Å². The van der Waals surface area contributed by atoms with Gasteiger partial charge in [-0.05, 0) is 24.5 Å². The number of ketones is 1. The minimum atomic E-state index is -0.0670. The van der Waals surface area contributed by atoms with Crippen molar-refractivity contribution < 1.29 is 4.79 Å². The lowest BCUT2D eigenvalue weighted by Crippen LogP contribution is -2.15. The predicted molar refractivity (Wildman–Crippen MR) is 84.5 cm³/mol. The highest BCUT2D eigenvalue weighted by atomic mass is 16.1. The van der Waals surface area contributed by atoms with Crippen molar-refractivity contribution in [1.29, 1.82) is 0 Å². The topological polar surface area (TPSA) is 30.0 Å². The van der Waals surface area contributed by atoms with Crippen LogP contribution in [-0.2, 0) is 5.41 Å². The largest absolute Gasteiger partial charge is 0.294 e. The first kappa shape index (κ1) is 14.7. The molecule has 2 heteroatoms. The van der Waals surface area contributed by atoms with Gasteiger partial charge in [-0.25, -0.2) is 0 Å². The Labute approximate surface area is 121 Å². The van der Waals surface area contributed by atoms with Crippen molar-refractivity contribution in [2.45, 2.75) is 52.9 Å². The van der Waals surface area contributed by atoms with Crippen LogP contribution >= 0.6 is 0 Å². The highest BCUT2D eigenvalue weighted by Gasteiger charge is 2.20. The lowest BCUT2D eigenvalue weighted by atomic mass is 9.88. The van der Waals surface area contributed by atoms with Crippen LogP contribution in [0, 0.1) is 0 Å². The number of nitrogens with zero attached hydrogens (tertiary/aromatic N) is 1. The molecule has 2 nitrogen and oxygen atoms in total. The van der Waals surface area contributed by atoms with Crippen LogP contribution in [0.3, 0.4) is 0 Å². The maximum Gasteiger partial charge on any atom is 0.160 e. The fraction of sp³-hybridized carbons (Fsp3) is 0.444. The van der Waals surface area contributed by atoms with E-state index in [1.165, 1.54) is 5.56 Å². The lowest BCUT2D eigenvalue weighted by Gasteiger charge is -2.21. The Hall–Kier alpha value is -1.70. The summed E-state index contributed by atoms with van der Waals surface area (Å²) in [6.07, 6.45) is 0. The second kappa shape index (κ2) is 5.01. The summed E-state index contributed by atoms with van der Waals surface area (Å²) >= 11 is 0. The van der Waals surface area contributed by atoms with Crippen LogP contribution in [0.2, 0.25) is 0 Å². The minimum Gasteiger partial charge on any atom is -0.294 e. The van der Waals surface area contributed by atoms with Gasteiger partial charge in [0.25, 0.3) is 0 Å². The Bertz CT molecular complexity index is 663. The number of fused-ring (bicyclic) bond motifs is 1. The molecule has 0 amide bonds. The van der Waals surface area contributed by atoms with Crippen LogP contribution in [-0.4, -0.2) is 10.8 Å². The zero-order valence-electron chi connectivity index (χ0n) is 13.2. The van der Waals surface area contributed by atoms with E-state index in [9.17, 15) is 4.79 Å². The fourth-order valence-electron chi connectivity index (χ4n) is 2.41. The van der Waals surface area contributed by atoms with Crippen molar-refractivity contribution in [3.8, 4) is 0 Å². The predicted octanol–water partition coefficient (Wildman–Crippen LogP) is 4.86. The molecule has 2 rings (SSSR count). The average Bonchev–Trinajstić information content (AvgIpc) is 2.35. The van der Waals surface area contributed by atoms with Crippen LogP contribution in [0.15, 0.2) is 24.3 Å². The summed E-state index contributed by atoms with van der Waals surface area (Å²) in [4.78, 5) is 16.9. The number of carbonyl (C=O) groups is 1. The number of carbonyl (C=O) groups excluding carboxylic acids is 1. The molecule has 0 radical (unpaired) electrons. The Balaban J connectivity index is 2.90. The van der Waals surface area contributed by atoms with Gasteiger partial charge in [0.05, 0.1) is 5.52 Å². The van der Waals surface area contributed by atoms with Gasteiger partial charge in [-0.2, -0.15) is 0 Å². The highest BCUT2D eigenvalue weighted by Crippen LogP contribution is 2.30. The Kier molecular flexibility index (Phi) is 3.68. The van der Waals surface area contributed by atoms with Gasteiger partial charge in [0, 0.05) is 22.1 Å². The molecule has 1 heterocycles. The summed E-state index contributed by atoms with van der Waals surface area (Å²) in [6, 6.07) is 8.07. The smallest absolute Gasteiger partial charge is 0.160 e. The summed E-state index contributed by atoms with van der Waals surface area (Å²) in [7, 11) is 0. The van der Waals surface area contributed by atoms with Crippen LogP contribution in [0.25, 0.3) is 10.9 Å². The first-order chi connectivity index (χ1) is 9.21. The van der Waals surface area contributed by atoms with E-state index in [1.54, 1.807) is 6.92 Å². The molecule has 20 heavy (non-hydrogen) atoms. The Morgan fingerprint density at radius 1 is 1.20 bits per heavy atom. The number of aromatic nitrogens is 1.